The Labute approximate surface area is 150 Å². The minimum Gasteiger partial charge on any atom is -0.454 e. The zero-order valence-corrected chi connectivity index (χ0v) is 14.1. The number of benzene rings is 2. The lowest BCUT2D eigenvalue weighted by atomic mass is 10.2. The van der Waals surface area contributed by atoms with Crippen LogP contribution in [0.5, 0.6) is 11.5 Å². The van der Waals surface area contributed by atoms with Crippen LogP contribution in [0.4, 0.5) is 21.7 Å². The zero-order valence-electron chi connectivity index (χ0n) is 14.1. The van der Waals surface area contributed by atoms with E-state index in [-0.39, 0.29) is 12.6 Å². The number of nitrogens with one attached hydrogen (secondary N) is 2. The van der Waals surface area contributed by atoms with Gasteiger partial charge in [-0.3, -0.25) is 0 Å². The predicted octanol–water partition coefficient (Wildman–Crippen LogP) is 4.01. The summed E-state index contributed by atoms with van der Waals surface area (Å²) in [5.74, 6) is 2.91. The molecule has 132 valence electrons. The standard InChI is InChI=1S/C19H17FN4O2/c1-12-22-18(9-19(23-12)24-15-5-3-2-4-14(15)20)21-10-13-6-7-16-17(8-13)26-11-25-16/h2-9H,10-11H2,1H3,(H2,21,22,23,24). The number of anilines is 3. The molecule has 0 atom stereocenters. The molecule has 0 spiro atoms. The molecule has 1 aromatic heterocycles. The predicted molar refractivity (Wildman–Crippen MR) is 96.3 cm³/mol. The van der Waals surface area contributed by atoms with E-state index >= 15 is 0 Å². The molecule has 0 saturated heterocycles. The van der Waals surface area contributed by atoms with Crippen molar-refractivity contribution in [3.05, 3.63) is 65.7 Å². The van der Waals surface area contributed by atoms with Gasteiger partial charge in [-0.15, -0.1) is 0 Å². The Morgan fingerprint density at radius 3 is 2.69 bits per heavy atom. The topological polar surface area (TPSA) is 68.3 Å². The van der Waals surface area contributed by atoms with Crippen LogP contribution in [-0.4, -0.2) is 16.8 Å². The van der Waals surface area contributed by atoms with E-state index in [1.165, 1.54) is 6.07 Å². The molecule has 0 unspecified atom stereocenters. The van der Waals surface area contributed by atoms with Crippen molar-refractivity contribution in [2.24, 2.45) is 0 Å². The Morgan fingerprint density at radius 1 is 1.00 bits per heavy atom. The van der Waals surface area contributed by atoms with Gasteiger partial charge in [-0.25, -0.2) is 14.4 Å². The van der Waals surface area contributed by atoms with Crippen molar-refractivity contribution in [1.82, 2.24) is 9.97 Å². The highest BCUT2D eigenvalue weighted by Gasteiger charge is 2.13. The van der Waals surface area contributed by atoms with Gasteiger partial charge < -0.3 is 20.1 Å². The van der Waals surface area contributed by atoms with Crippen molar-refractivity contribution in [2.75, 3.05) is 17.4 Å². The lowest BCUT2D eigenvalue weighted by molar-refractivity contribution is 0.174. The van der Waals surface area contributed by atoms with Gasteiger partial charge in [-0.2, -0.15) is 0 Å². The molecule has 2 N–H and O–H groups in total. The molecule has 2 heterocycles. The number of aromatic nitrogens is 2. The molecular weight excluding hydrogens is 335 g/mol. The van der Waals surface area contributed by atoms with E-state index in [0.717, 1.165) is 17.1 Å². The summed E-state index contributed by atoms with van der Waals surface area (Å²) in [6, 6.07) is 14.0. The van der Waals surface area contributed by atoms with Crippen molar-refractivity contribution >= 4 is 17.3 Å². The molecule has 6 nitrogen and oxygen atoms in total. The van der Waals surface area contributed by atoms with Crippen LogP contribution in [0.15, 0.2) is 48.5 Å². The van der Waals surface area contributed by atoms with Crippen LogP contribution in [0.1, 0.15) is 11.4 Å². The fourth-order valence-electron chi connectivity index (χ4n) is 2.67. The highest BCUT2D eigenvalue weighted by molar-refractivity contribution is 5.59. The van der Waals surface area contributed by atoms with Crippen molar-refractivity contribution in [1.29, 1.82) is 0 Å². The Kier molecular flexibility index (Phi) is 4.27. The third-order valence-electron chi connectivity index (χ3n) is 3.89. The number of rotatable bonds is 5. The number of para-hydroxylation sites is 1. The first kappa shape index (κ1) is 16.1. The maximum atomic E-state index is 13.8. The maximum absolute atomic E-state index is 13.8. The molecular formula is C19H17FN4O2. The van der Waals surface area contributed by atoms with Crippen molar-refractivity contribution < 1.29 is 13.9 Å². The first-order chi connectivity index (χ1) is 12.7. The molecule has 0 aliphatic carbocycles. The molecule has 0 amide bonds. The number of fused-ring (bicyclic) bond motifs is 1. The van der Waals surface area contributed by atoms with Crippen LogP contribution in [0.25, 0.3) is 0 Å². The number of hydrogen-bond acceptors (Lipinski definition) is 6. The second-order valence-corrected chi connectivity index (χ2v) is 5.83. The minimum atomic E-state index is -0.335. The molecule has 26 heavy (non-hydrogen) atoms. The second kappa shape index (κ2) is 6.87. The molecule has 0 saturated carbocycles. The molecule has 0 radical (unpaired) electrons. The van der Waals surface area contributed by atoms with E-state index in [4.69, 9.17) is 9.47 Å². The van der Waals surface area contributed by atoms with Crippen molar-refractivity contribution in [2.45, 2.75) is 13.5 Å². The lowest BCUT2D eigenvalue weighted by Crippen LogP contribution is -2.05. The van der Waals surface area contributed by atoms with E-state index in [9.17, 15) is 4.39 Å². The number of nitrogens with zero attached hydrogens (tertiary/aromatic N) is 2. The fourth-order valence-corrected chi connectivity index (χ4v) is 2.67. The van der Waals surface area contributed by atoms with E-state index in [1.54, 1.807) is 31.2 Å². The Balaban J connectivity index is 1.48. The third kappa shape index (κ3) is 3.51. The summed E-state index contributed by atoms with van der Waals surface area (Å²) in [6.45, 7) is 2.60. The molecule has 3 aromatic rings. The van der Waals surface area contributed by atoms with Crippen LogP contribution in [-0.2, 0) is 6.54 Å². The maximum Gasteiger partial charge on any atom is 0.231 e. The first-order valence-corrected chi connectivity index (χ1v) is 8.17. The number of ether oxygens (including phenoxy) is 2. The average molecular weight is 352 g/mol. The molecule has 0 fully saturated rings. The molecule has 1 aliphatic heterocycles. The van der Waals surface area contributed by atoms with Gasteiger partial charge in [0.2, 0.25) is 6.79 Å². The van der Waals surface area contributed by atoms with Crippen LogP contribution in [0.3, 0.4) is 0 Å². The highest BCUT2D eigenvalue weighted by atomic mass is 19.1. The summed E-state index contributed by atoms with van der Waals surface area (Å²) in [7, 11) is 0. The largest absolute Gasteiger partial charge is 0.454 e. The summed E-state index contributed by atoms with van der Waals surface area (Å²) in [6.07, 6.45) is 0. The highest BCUT2D eigenvalue weighted by Crippen LogP contribution is 2.32. The summed E-state index contributed by atoms with van der Waals surface area (Å²) >= 11 is 0. The van der Waals surface area contributed by atoms with Gasteiger partial charge in [0.15, 0.2) is 11.5 Å². The molecule has 7 heteroatoms. The first-order valence-electron chi connectivity index (χ1n) is 8.17. The van der Waals surface area contributed by atoms with E-state index < -0.39 is 0 Å². The van der Waals surface area contributed by atoms with Gasteiger partial charge in [-0.1, -0.05) is 18.2 Å². The van der Waals surface area contributed by atoms with Crippen LogP contribution >= 0.6 is 0 Å². The molecule has 1 aliphatic rings. The van der Waals surface area contributed by atoms with Crippen LogP contribution in [0.2, 0.25) is 0 Å². The fraction of sp³-hybridized carbons (Fsp3) is 0.158. The molecule has 4 rings (SSSR count). The van der Waals surface area contributed by atoms with Gasteiger partial charge in [0.05, 0.1) is 5.69 Å². The van der Waals surface area contributed by atoms with Crippen LogP contribution in [0, 0.1) is 12.7 Å². The van der Waals surface area contributed by atoms with Crippen molar-refractivity contribution in [3.63, 3.8) is 0 Å². The van der Waals surface area contributed by atoms with E-state index in [1.807, 2.05) is 18.2 Å². The summed E-state index contributed by atoms with van der Waals surface area (Å²) < 4.78 is 24.5. The Bertz CT molecular complexity index is 949. The minimum absolute atomic E-state index is 0.252. The van der Waals surface area contributed by atoms with Crippen molar-refractivity contribution in [3.8, 4) is 11.5 Å². The monoisotopic (exact) mass is 352 g/mol. The smallest absolute Gasteiger partial charge is 0.231 e. The SMILES string of the molecule is Cc1nc(NCc2ccc3c(c2)OCO3)cc(Nc2ccccc2F)n1. The van der Waals surface area contributed by atoms with E-state index in [2.05, 4.69) is 20.6 Å². The van der Waals surface area contributed by atoms with Gasteiger partial charge in [-0.05, 0) is 36.8 Å². The second-order valence-electron chi connectivity index (χ2n) is 5.83. The third-order valence-corrected chi connectivity index (χ3v) is 3.89. The Morgan fingerprint density at radius 2 is 1.81 bits per heavy atom. The van der Waals surface area contributed by atoms with Crippen LogP contribution < -0.4 is 20.1 Å². The average Bonchev–Trinajstić information content (AvgIpc) is 3.09. The van der Waals surface area contributed by atoms with Gasteiger partial charge in [0.25, 0.3) is 0 Å². The lowest BCUT2D eigenvalue weighted by Gasteiger charge is -2.11. The van der Waals surface area contributed by atoms with Gasteiger partial charge in [0.1, 0.15) is 23.3 Å². The quantitative estimate of drug-likeness (QED) is 0.723. The van der Waals surface area contributed by atoms with E-state index in [0.29, 0.717) is 29.7 Å². The molecule has 0 bridgehead atoms. The number of halogens is 1. The number of aryl methyl sites for hydroxylation is 1. The summed E-state index contributed by atoms with van der Waals surface area (Å²) in [5, 5.41) is 6.24. The summed E-state index contributed by atoms with van der Waals surface area (Å²) in [5.41, 5.74) is 1.40. The van der Waals surface area contributed by atoms with Gasteiger partial charge >= 0.3 is 0 Å². The normalized spacial score (nSPS) is 12.1. The number of hydrogen-bond donors (Lipinski definition) is 2. The summed E-state index contributed by atoms with van der Waals surface area (Å²) in [4.78, 5) is 8.68. The zero-order chi connectivity index (χ0) is 17.9. The Hall–Kier alpha value is -3.35. The van der Waals surface area contributed by atoms with Gasteiger partial charge in [0, 0.05) is 12.6 Å². The molecule has 2 aromatic carbocycles.